The van der Waals surface area contributed by atoms with Gasteiger partial charge in [-0.25, -0.2) is 8.42 Å². The summed E-state index contributed by atoms with van der Waals surface area (Å²) in [6.07, 6.45) is 14.4. The van der Waals surface area contributed by atoms with E-state index in [-0.39, 0.29) is 11.9 Å². The summed E-state index contributed by atoms with van der Waals surface area (Å²) in [6.45, 7) is 8.98. The molecule has 1 saturated heterocycles. The third-order valence-electron chi connectivity index (χ3n) is 8.60. The van der Waals surface area contributed by atoms with Crippen molar-refractivity contribution in [1.29, 1.82) is 0 Å². The van der Waals surface area contributed by atoms with Crippen LogP contribution in [0.4, 0.5) is 5.69 Å². The van der Waals surface area contributed by atoms with E-state index in [0.29, 0.717) is 18.0 Å². The molecule has 0 aromatic heterocycles. The highest BCUT2D eigenvalue weighted by Crippen LogP contribution is 2.38. The Morgan fingerprint density at radius 3 is 2.22 bits per heavy atom. The van der Waals surface area contributed by atoms with Crippen molar-refractivity contribution in [1.82, 2.24) is 4.90 Å². The van der Waals surface area contributed by atoms with Gasteiger partial charge in [0.25, 0.3) is 0 Å². The highest BCUT2D eigenvalue weighted by Gasteiger charge is 2.35. The van der Waals surface area contributed by atoms with E-state index in [4.69, 9.17) is 0 Å². The minimum atomic E-state index is -3.32. The SMILES string of the molecule is C=C(\C=C/C(=C\C)C(=C(/CCCO)c1ccccc1)/c1ccc(NS(=O)(=O)C2CC2)cc1)C1CCN(C2CC2)CC1. The van der Waals surface area contributed by atoms with Gasteiger partial charge in [-0.05, 0) is 117 Å². The van der Waals surface area contributed by atoms with Gasteiger partial charge in [0.1, 0.15) is 0 Å². The molecule has 2 saturated carbocycles. The van der Waals surface area contributed by atoms with Crippen LogP contribution in [0.1, 0.15) is 69.4 Å². The van der Waals surface area contributed by atoms with Crippen molar-refractivity contribution in [2.75, 3.05) is 24.4 Å². The lowest BCUT2D eigenvalue weighted by Crippen LogP contribution is -2.35. The number of hydrogen-bond donors (Lipinski definition) is 2. The number of sulfonamides is 1. The zero-order valence-corrected chi connectivity index (χ0v) is 25.1. The molecular formula is C35H44N2O3S. The minimum Gasteiger partial charge on any atom is -0.396 e. The number of rotatable bonds is 13. The van der Waals surface area contributed by atoms with Crippen LogP contribution in [0.3, 0.4) is 0 Å². The van der Waals surface area contributed by atoms with Crippen molar-refractivity contribution >= 4 is 26.9 Å². The van der Waals surface area contributed by atoms with Crippen LogP contribution >= 0.6 is 0 Å². The normalized spacial score (nSPS) is 19.8. The van der Waals surface area contributed by atoms with Crippen LogP contribution in [0.15, 0.2) is 90.6 Å². The zero-order valence-electron chi connectivity index (χ0n) is 24.3. The van der Waals surface area contributed by atoms with E-state index < -0.39 is 10.0 Å². The quantitative estimate of drug-likeness (QED) is 0.197. The fraction of sp³-hybridized carbons (Fsp3) is 0.429. The maximum atomic E-state index is 12.5. The van der Waals surface area contributed by atoms with E-state index in [1.807, 2.05) is 42.5 Å². The van der Waals surface area contributed by atoms with E-state index in [1.54, 1.807) is 0 Å². The first-order chi connectivity index (χ1) is 19.9. The molecule has 3 fully saturated rings. The van der Waals surface area contributed by atoms with Gasteiger partial charge in [0, 0.05) is 18.3 Å². The molecule has 3 aliphatic rings. The molecule has 0 unspecified atom stereocenters. The number of anilines is 1. The molecule has 0 bridgehead atoms. The summed E-state index contributed by atoms with van der Waals surface area (Å²) in [6, 6.07) is 18.9. The second-order valence-electron chi connectivity index (χ2n) is 11.7. The number of piperidine rings is 1. The van der Waals surface area contributed by atoms with E-state index >= 15 is 0 Å². The minimum absolute atomic E-state index is 0.114. The van der Waals surface area contributed by atoms with Gasteiger partial charge in [0.05, 0.1) is 5.25 Å². The summed E-state index contributed by atoms with van der Waals surface area (Å²) in [7, 11) is -3.32. The molecule has 6 heteroatoms. The summed E-state index contributed by atoms with van der Waals surface area (Å²) >= 11 is 0. The number of benzene rings is 2. The Bertz CT molecular complexity index is 1390. The predicted molar refractivity (Wildman–Crippen MR) is 171 cm³/mol. The van der Waals surface area contributed by atoms with Crippen LogP contribution in [0.2, 0.25) is 0 Å². The Balaban J connectivity index is 1.45. The van der Waals surface area contributed by atoms with Crippen molar-refractivity contribution in [3.63, 3.8) is 0 Å². The van der Waals surface area contributed by atoms with Gasteiger partial charge in [0.15, 0.2) is 0 Å². The number of aliphatic hydroxyl groups is 1. The van der Waals surface area contributed by atoms with Gasteiger partial charge in [-0.1, -0.05) is 72.8 Å². The molecule has 5 rings (SSSR count). The molecular weight excluding hydrogens is 528 g/mol. The number of nitrogens with zero attached hydrogens (tertiary/aromatic N) is 1. The fourth-order valence-corrected chi connectivity index (χ4v) is 7.27. The highest BCUT2D eigenvalue weighted by atomic mass is 32.2. The number of hydrogen-bond acceptors (Lipinski definition) is 4. The first kappa shape index (κ1) is 29.6. The largest absolute Gasteiger partial charge is 0.396 e. The Kier molecular flexibility index (Phi) is 9.64. The number of nitrogens with one attached hydrogen (secondary N) is 1. The Morgan fingerprint density at radius 2 is 1.63 bits per heavy atom. The Hall–Kier alpha value is -2.93. The molecule has 0 spiro atoms. The van der Waals surface area contributed by atoms with Crippen LogP contribution in [-0.2, 0) is 10.0 Å². The first-order valence-electron chi connectivity index (χ1n) is 15.2. The van der Waals surface area contributed by atoms with Crippen LogP contribution in [0, 0.1) is 5.92 Å². The summed E-state index contributed by atoms with van der Waals surface area (Å²) in [5.74, 6) is 0.508. The predicted octanol–water partition coefficient (Wildman–Crippen LogP) is 7.21. The third-order valence-corrected chi connectivity index (χ3v) is 10.5. The molecule has 2 aromatic rings. The Morgan fingerprint density at radius 1 is 0.951 bits per heavy atom. The summed E-state index contributed by atoms with van der Waals surface area (Å²) in [4.78, 5) is 2.65. The monoisotopic (exact) mass is 572 g/mol. The second kappa shape index (κ2) is 13.4. The van der Waals surface area contributed by atoms with Crippen molar-refractivity contribution in [2.24, 2.45) is 5.92 Å². The molecule has 1 heterocycles. The maximum absolute atomic E-state index is 12.5. The van der Waals surface area contributed by atoms with Gasteiger partial charge < -0.3 is 10.0 Å². The first-order valence-corrected chi connectivity index (χ1v) is 16.7. The molecule has 0 radical (unpaired) electrons. The van der Waals surface area contributed by atoms with Gasteiger partial charge >= 0.3 is 0 Å². The molecule has 5 nitrogen and oxygen atoms in total. The molecule has 2 N–H and O–H groups in total. The average Bonchev–Trinajstić information content (AvgIpc) is 3.90. The lowest BCUT2D eigenvalue weighted by atomic mass is 9.85. The molecule has 2 aliphatic carbocycles. The van der Waals surface area contributed by atoms with Crippen molar-refractivity contribution < 1.29 is 13.5 Å². The summed E-state index contributed by atoms with van der Waals surface area (Å²) in [5.41, 5.74) is 7.24. The number of likely N-dealkylation sites (tertiary alicyclic amines) is 1. The molecule has 1 aliphatic heterocycles. The van der Waals surface area contributed by atoms with E-state index in [2.05, 4.69) is 53.5 Å². The third kappa shape index (κ3) is 7.68. The van der Waals surface area contributed by atoms with Gasteiger partial charge in [-0.2, -0.15) is 0 Å². The lowest BCUT2D eigenvalue weighted by molar-refractivity contribution is 0.192. The van der Waals surface area contributed by atoms with Crippen molar-refractivity contribution in [3.8, 4) is 0 Å². The fourth-order valence-electron chi connectivity index (χ4n) is 5.89. The van der Waals surface area contributed by atoms with E-state index in [0.717, 1.165) is 66.0 Å². The van der Waals surface area contributed by atoms with Crippen LogP contribution in [0.25, 0.3) is 11.1 Å². The summed E-state index contributed by atoms with van der Waals surface area (Å²) in [5, 5.41) is 9.48. The van der Waals surface area contributed by atoms with Crippen LogP contribution in [-0.4, -0.2) is 49.4 Å². The highest BCUT2D eigenvalue weighted by molar-refractivity contribution is 7.93. The second-order valence-corrected chi connectivity index (χ2v) is 13.6. The summed E-state index contributed by atoms with van der Waals surface area (Å²) < 4.78 is 27.8. The molecule has 0 amide bonds. The standard InChI is InChI=1S/C35H44N2O3S/c1-3-27(12-11-26(2)28-21-23-37(24-22-28)32-17-18-32)35(34(10-7-25-38)29-8-5-4-6-9-29)30-13-15-31(16-14-30)36-41(39,40)33-19-20-33/h3-6,8-9,11-16,28,32-33,36,38H,2,7,10,17-25H2,1H3/b12-11-,27-3+,35-34+. The number of allylic oxidation sites excluding steroid dienone is 7. The van der Waals surface area contributed by atoms with E-state index in [9.17, 15) is 13.5 Å². The smallest absolute Gasteiger partial charge is 0.235 e. The average molecular weight is 573 g/mol. The van der Waals surface area contributed by atoms with Gasteiger partial charge in [0.2, 0.25) is 10.0 Å². The van der Waals surface area contributed by atoms with Crippen LogP contribution in [0.5, 0.6) is 0 Å². The van der Waals surface area contributed by atoms with E-state index in [1.165, 1.54) is 31.5 Å². The van der Waals surface area contributed by atoms with Crippen LogP contribution < -0.4 is 4.72 Å². The van der Waals surface area contributed by atoms with Gasteiger partial charge in [-0.15, -0.1) is 0 Å². The molecule has 2 aromatic carbocycles. The molecule has 41 heavy (non-hydrogen) atoms. The lowest BCUT2D eigenvalue weighted by Gasteiger charge is -2.32. The molecule has 0 atom stereocenters. The molecule has 218 valence electrons. The maximum Gasteiger partial charge on any atom is 0.235 e. The Labute approximate surface area is 246 Å². The zero-order chi connectivity index (χ0) is 28.8. The van der Waals surface area contributed by atoms with Gasteiger partial charge in [-0.3, -0.25) is 4.72 Å². The van der Waals surface area contributed by atoms with Crippen molar-refractivity contribution in [2.45, 2.75) is 69.6 Å². The number of aliphatic hydroxyl groups excluding tert-OH is 1. The topological polar surface area (TPSA) is 69.6 Å². The van der Waals surface area contributed by atoms with Crippen molar-refractivity contribution in [3.05, 3.63) is 102 Å².